The SMILES string of the molecule is Cc1noc([C@H]2CN(C(=O)C3CCCCC3)CC23CCOCC3)n1. The Hall–Kier alpha value is -1.43. The summed E-state index contributed by atoms with van der Waals surface area (Å²) in [6, 6.07) is 0. The van der Waals surface area contributed by atoms with Crippen molar-refractivity contribution < 1.29 is 14.1 Å². The number of aryl methyl sites for hydroxylation is 1. The maximum absolute atomic E-state index is 13.0. The molecule has 1 saturated carbocycles. The van der Waals surface area contributed by atoms with Gasteiger partial charge in [-0.3, -0.25) is 4.79 Å². The molecule has 0 radical (unpaired) electrons. The Balaban J connectivity index is 1.56. The van der Waals surface area contributed by atoms with Crippen LogP contribution in [0.2, 0.25) is 0 Å². The summed E-state index contributed by atoms with van der Waals surface area (Å²) in [5.74, 6) is 2.09. The van der Waals surface area contributed by atoms with Crippen LogP contribution in [-0.4, -0.2) is 47.3 Å². The minimum atomic E-state index is 0.0432. The molecule has 6 nitrogen and oxygen atoms in total. The largest absolute Gasteiger partial charge is 0.381 e. The van der Waals surface area contributed by atoms with E-state index in [4.69, 9.17) is 9.26 Å². The highest BCUT2D eigenvalue weighted by molar-refractivity contribution is 5.79. The number of carbonyl (C=O) groups is 1. The standard InChI is InChI=1S/C18H27N3O3/c1-13-19-16(24-20-13)15-11-21(12-18(15)7-9-23-10-8-18)17(22)14-5-3-2-4-6-14/h14-15H,2-12H2,1H3/t15-/m1/s1. The van der Waals surface area contributed by atoms with Crippen molar-refractivity contribution in [3.05, 3.63) is 11.7 Å². The summed E-state index contributed by atoms with van der Waals surface area (Å²) in [6.07, 6.45) is 7.69. The van der Waals surface area contributed by atoms with Crippen LogP contribution in [0.15, 0.2) is 4.52 Å². The normalized spacial score (nSPS) is 27.7. The van der Waals surface area contributed by atoms with E-state index >= 15 is 0 Å². The Labute approximate surface area is 142 Å². The summed E-state index contributed by atoms with van der Waals surface area (Å²) in [5, 5.41) is 3.98. The van der Waals surface area contributed by atoms with Crippen LogP contribution in [0.1, 0.15) is 62.6 Å². The van der Waals surface area contributed by atoms with E-state index in [2.05, 4.69) is 15.0 Å². The molecular formula is C18H27N3O3. The Kier molecular flexibility index (Phi) is 4.33. The number of aromatic nitrogens is 2. The monoisotopic (exact) mass is 333 g/mol. The van der Waals surface area contributed by atoms with E-state index in [1.165, 1.54) is 19.3 Å². The van der Waals surface area contributed by atoms with Crippen molar-refractivity contribution in [3.8, 4) is 0 Å². The molecule has 2 aliphatic heterocycles. The van der Waals surface area contributed by atoms with Crippen LogP contribution >= 0.6 is 0 Å². The second kappa shape index (κ2) is 6.47. The fourth-order valence-corrected chi connectivity index (χ4v) is 4.82. The van der Waals surface area contributed by atoms with Gasteiger partial charge in [-0.05, 0) is 32.6 Å². The van der Waals surface area contributed by atoms with Gasteiger partial charge in [-0.25, -0.2) is 0 Å². The summed E-state index contributed by atoms with van der Waals surface area (Å²) < 4.78 is 11.1. The maximum Gasteiger partial charge on any atom is 0.232 e. The van der Waals surface area contributed by atoms with Crippen LogP contribution in [0.4, 0.5) is 0 Å². The van der Waals surface area contributed by atoms with E-state index in [9.17, 15) is 4.79 Å². The molecule has 0 bridgehead atoms. The first-order valence-electron chi connectivity index (χ1n) is 9.35. The van der Waals surface area contributed by atoms with Gasteiger partial charge in [0.1, 0.15) is 0 Å². The molecule has 132 valence electrons. The number of likely N-dealkylation sites (tertiary alicyclic amines) is 1. The zero-order valence-electron chi connectivity index (χ0n) is 14.5. The fraction of sp³-hybridized carbons (Fsp3) is 0.833. The molecular weight excluding hydrogens is 306 g/mol. The first kappa shape index (κ1) is 16.1. The van der Waals surface area contributed by atoms with Crippen molar-refractivity contribution in [3.63, 3.8) is 0 Å². The van der Waals surface area contributed by atoms with E-state index in [1.54, 1.807) is 0 Å². The average molecular weight is 333 g/mol. The third-order valence-corrected chi connectivity index (χ3v) is 6.24. The van der Waals surface area contributed by atoms with Crippen molar-refractivity contribution >= 4 is 5.91 Å². The summed E-state index contributed by atoms with van der Waals surface area (Å²) in [4.78, 5) is 19.6. The fourth-order valence-electron chi connectivity index (χ4n) is 4.82. The molecule has 1 spiro atoms. The van der Waals surface area contributed by atoms with E-state index in [0.717, 1.165) is 52.0 Å². The molecule has 3 aliphatic rings. The van der Waals surface area contributed by atoms with Gasteiger partial charge in [0, 0.05) is 37.6 Å². The van der Waals surface area contributed by atoms with Crippen LogP contribution in [0.25, 0.3) is 0 Å². The lowest BCUT2D eigenvalue weighted by Gasteiger charge is -2.36. The molecule has 0 aromatic carbocycles. The van der Waals surface area contributed by atoms with Gasteiger partial charge in [-0.2, -0.15) is 4.98 Å². The number of carbonyl (C=O) groups excluding carboxylic acids is 1. The Bertz CT molecular complexity index is 588. The number of hydrogen-bond acceptors (Lipinski definition) is 5. The van der Waals surface area contributed by atoms with Crippen molar-refractivity contribution in [2.24, 2.45) is 11.3 Å². The van der Waals surface area contributed by atoms with E-state index < -0.39 is 0 Å². The zero-order chi connectivity index (χ0) is 16.6. The maximum atomic E-state index is 13.0. The molecule has 24 heavy (non-hydrogen) atoms. The van der Waals surface area contributed by atoms with E-state index in [-0.39, 0.29) is 17.3 Å². The predicted molar refractivity (Wildman–Crippen MR) is 87.4 cm³/mol. The second-order valence-corrected chi connectivity index (χ2v) is 7.76. The molecule has 1 aromatic rings. The zero-order valence-corrected chi connectivity index (χ0v) is 14.5. The highest BCUT2D eigenvalue weighted by atomic mass is 16.5. The summed E-state index contributed by atoms with van der Waals surface area (Å²) >= 11 is 0. The van der Waals surface area contributed by atoms with Crippen LogP contribution in [-0.2, 0) is 9.53 Å². The van der Waals surface area contributed by atoms with Gasteiger partial charge in [0.2, 0.25) is 11.8 Å². The topological polar surface area (TPSA) is 68.5 Å². The molecule has 2 saturated heterocycles. The number of nitrogens with zero attached hydrogens (tertiary/aromatic N) is 3. The van der Waals surface area contributed by atoms with Gasteiger partial charge in [0.05, 0.1) is 5.92 Å². The highest BCUT2D eigenvalue weighted by Crippen LogP contribution is 2.49. The van der Waals surface area contributed by atoms with Gasteiger partial charge in [0.25, 0.3) is 0 Å². The Morgan fingerprint density at radius 2 is 1.96 bits per heavy atom. The van der Waals surface area contributed by atoms with Crippen LogP contribution in [0.5, 0.6) is 0 Å². The third-order valence-electron chi connectivity index (χ3n) is 6.24. The van der Waals surface area contributed by atoms with E-state index in [1.807, 2.05) is 6.92 Å². The Morgan fingerprint density at radius 3 is 2.62 bits per heavy atom. The van der Waals surface area contributed by atoms with Crippen LogP contribution < -0.4 is 0 Å². The smallest absolute Gasteiger partial charge is 0.232 e. The van der Waals surface area contributed by atoms with Crippen LogP contribution in [0.3, 0.4) is 0 Å². The molecule has 3 heterocycles. The van der Waals surface area contributed by atoms with Gasteiger partial charge >= 0.3 is 0 Å². The van der Waals surface area contributed by atoms with Crippen molar-refractivity contribution in [2.75, 3.05) is 26.3 Å². The predicted octanol–water partition coefficient (Wildman–Crippen LogP) is 2.68. The highest BCUT2D eigenvalue weighted by Gasteiger charge is 2.52. The molecule has 1 aliphatic carbocycles. The summed E-state index contributed by atoms with van der Waals surface area (Å²) in [5.41, 5.74) is 0.0432. The molecule has 6 heteroatoms. The average Bonchev–Trinajstić information content (AvgIpc) is 3.20. The van der Waals surface area contributed by atoms with Gasteiger partial charge in [-0.15, -0.1) is 0 Å². The molecule has 1 aromatic heterocycles. The van der Waals surface area contributed by atoms with Crippen molar-refractivity contribution in [1.82, 2.24) is 15.0 Å². The summed E-state index contributed by atoms with van der Waals surface area (Å²) in [6.45, 7) is 4.91. The lowest BCUT2D eigenvalue weighted by molar-refractivity contribution is -0.136. The lowest BCUT2D eigenvalue weighted by atomic mass is 9.72. The third kappa shape index (κ3) is 2.85. The number of ether oxygens (including phenoxy) is 1. The lowest BCUT2D eigenvalue weighted by Crippen LogP contribution is -2.39. The van der Waals surface area contributed by atoms with Crippen molar-refractivity contribution in [2.45, 2.75) is 57.8 Å². The van der Waals surface area contributed by atoms with Gasteiger partial charge in [-0.1, -0.05) is 24.4 Å². The molecule has 0 unspecified atom stereocenters. The molecule has 1 atom stereocenters. The molecule has 0 N–H and O–H groups in total. The second-order valence-electron chi connectivity index (χ2n) is 7.76. The number of rotatable bonds is 2. The molecule has 3 fully saturated rings. The quantitative estimate of drug-likeness (QED) is 0.832. The van der Waals surface area contributed by atoms with Gasteiger partial charge < -0.3 is 14.2 Å². The van der Waals surface area contributed by atoms with Crippen LogP contribution in [0, 0.1) is 18.3 Å². The minimum Gasteiger partial charge on any atom is -0.381 e. The number of amides is 1. The minimum absolute atomic E-state index is 0.0432. The number of hydrogen-bond donors (Lipinski definition) is 0. The van der Waals surface area contributed by atoms with Crippen molar-refractivity contribution in [1.29, 1.82) is 0 Å². The molecule has 4 rings (SSSR count). The summed E-state index contributed by atoms with van der Waals surface area (Å²) in [7, 11) is 0. The Morgan fingerprint density at radius 1 is 1.21 bits per heavy atom. The molecule has 1 amide bonds. The first-order valence-corrected chi connectivity index (χ1v) is 9.35. The van der Waals surface area contributed by atoms with E-state index in [0.29, 0.717) is 17.6 Å². The first-order chi connectivity index (χ1) is 11.7. The van der Waals surface area contributed by atoms with Gasteiger partial charge in [0.15, 0.2) is 5.82 Å².